The van der Waals surface area contributed by atoms with Gasteiger partial charge in [-0.25, -0.2) is 0 Å². The molecular weight excluding hydrogens is 204 g/mol. The van der Waals surface area contributed by atoms with Crippen LogP contribution in [0.5, 0.6) is 5.75 Å². The molecule has 0 aliphatic heterocycles. The van der Waals surface area contributed by atoms with Crippen molar-refractivity contribution in [3.63, 3.8) is 0 Å². The third kappa shape index (κ3) is 3.57. The maximum atomic E-state index is 10.9. The minimum Gasteiger partial charge on any atom is -0.493 e. The van der Waals surface area contributed by atoms with Crippen LogP contribution in [0, 0.1) is 13.8 Å². The highest BCUT2D eigenvalue weighted by molar-refractivity contribution is 5.69. The Morgan fingerprint density at radius 3 is 2.44 bits per heavy atom. The van der Waals surface area contributed by atoms with Crippen molar-refractivity contribution in [3.8, 4) is 5.75 Å². The summed E-state index contributed by atoms with van der Waals surface area (Å²) in [4.78, 5) is 10.9. The van der Waals surface area contributed by atoms with Crippen molar-refractivity contribution >= 4 is 5.97 Å². The van der Waals surface area contributed by atoms with Gasteiger partial charge in [-0.2, -0.15) is 0 Å². The Hall–Kier alpha value is -1.51. The Morgan fingerprint density at radius 1 is 1.25 bits per heavy atom. The molecule has 1 aromatic rings. The van der Waals surface area contributed by atoms with E-state index in [0.29, 0.717) is 19.4 Å². The second-order valence-electron chi connectivity index (χ2n) is 3.75. The first kappa shape index (κ1) is 12.6. The fourth-order valence-corrected chi connectivity index (χ4v) is 1.52. The quantitative estimate of drug-likeness (QED) is 0.567. The van der Waals surface area contributed by atoms with Crippen LogP contribution in [0.2, 0.25) is 0 Å². The Morgan fingerprint density at radius 2 is 1.88 bits per heavy atom. The van der Waals surface area contributed by atoms with Crippen LogP contribution < -0.4 is 4.74 Å². The number of aryl methyl sites for hydroxylation is 2. The van der Waals surface area contributed by atoms with Gasteiger partial charge in [-0.3, -0.25) is 4.79 Å². The number of carbonyl (C=O) groups is 1. The molecule has 0 saturated heterocycles. The zero-order valence-electron chi connectivity index (χ0n) is 10.1. The summed E-state index contributed by atoms with van der Waals surface area (Å²) in [6, 6.07) is 6.04. The Bertz CT molecular complexity index is 338. The molecule has 1 rings (SSSR count). The van der Waals surface area contributed by atoms with Crippen LogP contribution in [-0.4, -0.2) is 19.7 Å². The molecule has 16 heavy (non-hydrogen) atoms. The minimum atomic E-state index is -0.190. The van der Waals surface area contributed by atoms with Crippen LogP contribution in [-0.2, 0) is 9.53 Å². The average molecular weight is 222 g/mol. The molecule has 0 spiro atoms. The third-order valence-electron chi connectivity index (χ3n) is 2.41. The summed E-state index contributed by atoms with van der Waals surface area (Å²) in [5.41, 5.74) is 2.25. The zero-order chi connectivity index (χ0) is 12.0. The number of esters is 1. The second kappa shape index (κ2) is 6.16. The number of ether oxygens (including phenoxy) is 2. The highest BCUT2D eigenvalue weighted by atomic mass is 16.5. The molecule has 0 heterocycles. The predicted molar refractivity (Wildman–Crippen MR) is 62.7 cm³/mol. The van der Waals surface area contributed by atoms with Gasteiger partial charge >= 0.3 is 5.97 Å². The topological polar surface area (TPSA) is 35.5 Å². The maximum Gasteiger partial charge on any atom is 0.305 e. The molecule has 0 amide bonds. The van der Waals surface area contributed by atoms with Crippen molar-refractivity contribution in [3.05, 3.63) is 29.3 Å². The van der Waals surface area contributed by atoms with Gasteiger partial charge in [0.15, 0.2) is 0 Å². The molecule has 0 aromatic heterocycles. The van der Waals surface area contributed by atoms with Gasteiger partial charge in [-0.15, -0.1) is 0 Å². The first-order valence-corrected chi connectivity index (χ1v) is 5.41. The summed E-state index contributed by atoms with van der Waals surface area (Å²) in [7, 11) is 1.40. The average Bonchev–Trinajstić information content (AvgIpc) is 2.27. The zero-order valence-corrected chi connectivity index (χ0v) is 10.1. The Balaban J connectivity index is 2.40. The van der Waals surface area contributed by atoms with E-state index in [0.717, 1.165) is 16.9 Å². The monoisotopic (exact) mass is 222 g/mol. The van der Waals surface area contributed by atoms with E-state index in [1.54, 1.807) is 0 Å². The van der Waals surface area contributed by atoms with Crippen LogP contribution in [0.3, 0.4) is 0 Å². The van der Waals surface area contributed by atoms with Crippen molar-refractivity contribution in [2.75, 3.05) is 13.7 Å². The maximum absolute atomic E-state index is 10.9. The third-order valence-corrected chi connectivity index (χ3v) is 2.41. The summed E-state index contributed by atoms with van der Waals surface area (Å²) in [6.45, 7) is 4.58. The Kier molecular flexibility index (Phi) is 4.83. The van der Waals surface area contributed by atoms with Crippen molar-refractivity contribution < 1.29 is 14.3 Å². The summed E-state index contributed by atoms with van der Waals surface area (Å²) in [5, 5.41) is 0. The van der Waals surface area contributed by atoms with Crippen LogP contribution in [0.4, 0.5) is 0 Å². The molecule has 0 atom stereocenters. The number of para-hydroxylation sites is 1. The number of rotatable bonds is 5. The Labute approximate surface area is 96.4 Å². The van der Waals surface area contributed by atoms with Gasteiger partial charge in [-0.05, 0) is 31.4 Å². The molecular formula is C13H18O3. The van der Waals surface area contributed by atoms with E-state index in [1.165, 1.54) is 7.11 Å². The number of carbonyl (C=O) groups excluding carboxylic acids is 1. The van der Waals surface area contributed by atoms with Crippen molar-refractivity contribution in [2.45, 2.75) is 26.7 Å². The van der Waals surface area contributed by atoms with Crippen molar-refractivity contribution in [1.29, 1.82) is 0 Å². The molecule has 0 unspecified atom stereocenters. The lowest BCUT2D eigenvalue weighted by Gasteiger charge is -2.11. The first-order chi connectivity index (χ1) is 7.65. The SMILES string of the molecule is COC(=O)CCCOc1c(C)cccc1C. The van der Waals surface area contributed by atoms with E-state index >= 15 is 0 Å². The van der Waals surface area contributed by atoms with E-state index in [9.17, 15) is 4.79 Å². The molecule has 0 bridgehead atoms. The fourth-order valence-electron chi connectivity index (χ4n) is 1.52. The van der Waals surface area contributed by atoms with Crippen LogP contribution >= 0.6 is 0 Å². The van der Waals surface area contributed by atoms with Crippen LogP contribution in [0.1, 0.15) is 24.0 Å². The highest BCUT2D eigenvalue weighted by Crippen LogP contribution is 2.22. The molecule has 3 nitrogen and oxygen atoms in total. The van der Waals surface area contributed by atoms with Gasteiger partial charge in [0.05, 0.1) is 13.7 Å². The standard InChI is InChI=1S/C13H18O3/c1-10-6-4-7-11(2)13(10)16-9-5-8-12(14)15-3/h4,6-7H,5,8-9H2,1-3H3. The lowest BCUT2D eigenvalue weighted by molar-refractivity contribution is -0.140. The van der Waals surface area contributed by atoms with E-state index in [-0.39, 0.29) is 5.97 Å². The van der Waals surface area contributed by atoms with Gasteiger partial charge in [0, 0.05) is 6.42 Å². The number of benzene rings is 1. The van der Waals surface area contributed by atoms with E-state index < -0.39 is 0 Å². The van der Waals surface area contributed by atoms with E-state index in [2.05, 4.69) is 4.74 Å². The van der Waals surface area contributed by atoms with Crippen molar-refractivity contribution in [2.24, 2.45) is 0 Å². The summed E-state index contributed by atoms with van der Waals surface area (Å²) < 4.78 is 10.2. The highest BCUT2D eigenvalue weighted by Gasteiger charge is 2.04. The number of methoxy groups -OCH3 is 1. The molecule has 0 N–H and O–H groups in total. The largest absolute Gasteiger partial charge is 0.493 e. The lowest BCUT2D eigenvalue weighted by atomic mass is 10.1. The summed E-state index contributed by atoms with van der Waals surface area (Å²) in [5.74, 6) is 0.734. The lowest BCUT2D eigenvalue weighted by Crippen LogP contribution is -2.05. The first-order valence-electron chi connectivity index (χ1n) is 5.41. The molecule has 0 radical (unpaired) electrons. The van der Waals surface area contributed by atoms with Gasteiger partial charge in [0.25, 0.3) is 0 Å². The van der Waals surface area contributed by atoms with Gasteiger partial charge in [0.2, 0.25) is 0 Å². The predicted octanol–water partition coefficient (Wildman–Crippen LogP) is 2.64. The van der Waals surface area contributed by atoms with E-state index in [1.807, 2.05) is 32.0 Å². The van der Waals surface area contributed by atoms with Crippen molar-refractivity contribution in [1.82, 2.24) is 0 Å². The summed E-state index contributed by atoms with van der Waals surface area (Å²) in [6.07, 6.45) is 1.09. The molecule has 0 fully saturated rings. The normalized spacial score (nSPS) is 9.94. The van der Waals surface area contributed by atoms with Gasteiger partial charge < -0.3 is 9.47 Å². The van der Waals surface area contributed by atoms with Gasteiger partial charge in [0.1, 0.15) is 5.75 Å². The minimum absolute atomic E-state index is 0.190. The molecule has 0 aliphatic carbocycles. The molecule has 1 aromatic carbocycles. The molecule has 88 valence electrons. The molecule has 0 saturated carbocycles. The summed E-state index contributed by atoms with van der Waals surface area (Å²) >= 11 is 0. The van der Waals surface area contributed by atoms with E-state index in [4.69, 9.17) is 4.74 Å². The molecule has 3 heteroatoms. The number of hydrogen-bond donors (Lipinski definition) is 0. The number of hydrogen-bond acceptors (Lipinski definition) is 3. The van der Waals surface area contributed by atoms with Crippen LogP contribution in [0.15, 0.2) is 18.2 Å². The smallest absolute Gasteiger partial charge is 0.305 e. The fraction of sp³-hybridized carbons (Fsp3) is 0.462. The molecule has 0 aliphatic rings. The second-order valence-corrected chi connectivity index (χ2v) is 3.75. The van der Waals surface area contributed by atoms with Gasteiger partial charge in [-0.1, -0.05) is 18.2 Å². The van der Waals surface area contributed by atoms with Crippen LogP contribution in [0.25, 0.3) is 0 Å².